The van der Waals surface area contributed by atoms with Gasteiger partial charge in [0.25, 0.3) is 0 Å². The molecule has 178 valence electrons. The molecule has 3 N–H and O–H groups in total. The average Bonchev–Trinajstić information content (AvgIpc) is 2.80. The lowest BCUT2D eigenvalue weighted by atomic mass is 9.89. The number of fused-ring (bicyclic) bond motifs is 1. The summed E-state index contributed by atoms with van der Waals surface area (Å²) in [5.74, 6) is 0.125. The molecule has 1 aliphatic carbocycles. The van der Waals surface area contributed by atoms with Crippen molar-refractivity contribution in [3.63, 3.8) is 0 Å². The topological polar surface area (TPSA) is 72.8 Å². The maximum Gasteiger partial charge on any atom is 0.192 e. The van der Waals surface area contributed by atoms with E-state index in [1.807, 2.05) is 62.4 Å². The first-order chi connectivity index (χ1) is 15.4. The Morgan fingerprint density at radius 2 is 1.97 bits per heavy atom. The number of nitrogens with zero attached hydrogens (tertiary/aromatic N) is 1. The van der Waals surface area contributed by atoms with Crippen LogP contribution in [0, 0.1) is 6.92 Å². The van der Waals surface area contributed by atoms with Gasteiger partial charge in [-0.1, -0.05) is 72.7 Å². The molecule has 0 unspecified atom stereocenters. The van der Waals surface area contributed by atoms with E-state index in [2.05, 4.69) is 37.2 Å². The average molecular weight is 443 g/mol. The van der Waals surface area contributed by atoms with Crippen molar-refractivity contribution in [2.45, 2.75) is 34.1 Å². The molecular weight excluding hydrogens is 400 g/mol. The standard InChI is InChI=1S/C19H20O.C7H18N2O.CH4O/c1-4-6-14(2)7-5-8-16-10-11-17-13-15(3)9-12-18(17)19(16)20;1-3-9(2)6-4-8-5-7-10;1-2/h4-10,12-13H,11H2,1-3H3;8,10H,3-7H2,1-2H3;2H,1H3/b6-4-,8-5+,14-7-;;. The number of nitrogens with one attached hydrogen (secondary N) is 1. The largest absolute Gasteiger partial charge is 0.400 e. The maximum absolute atomic E-state index is 12.4. The first-order valence-electron chi connectivity index (χ1n) is 11.2. The van der Waals surface area contributed by atoms with Crippen LogP contribution in [-0.2, 0) is 6.42 Å². The van der Waals surface area contributed by atoms with Crippen LogP contribution in [-0.4, -0.2) is 67.8 Å². The van der Waals surface area contributed by atoms with Crippen molar-refractivity contribution in [1.82, 2.24) is 10.2 Å². The van der Waals surface area contributed by atoms with Crippen LogP contribution in [0.1, 0.15) is 42.3 Å². The van der Waals surface area contributed by atoms with Crippen LogP contribution < -0.4 is 5.32 Å². The lowest BCUT2D eigenvalue weighted by Crippen LogP contribution is -2.30. The van der Waals surface area contributed by atoms with Crippen molar-refractivity contribution in [2.24, 2.45) is 0 Å². The number of ketones is 1. The van der Waals surface area contributed by atoms with Crippen LogP contribution >= 0.6 is 0 Å². The Hall–Kier alpha value is -2.31. The molecule has 0 spiro atoms. The third-order valence-electron chi connectivity index (χ3n) is 4.87. The number of carbonyl (C=O) groups is 1. The van der Waals surface area contributed by atoms with Crippen molar-refractivity contribution in [3.05, 3.63) is 82.5 Å². The van der Waals surface area contributed by atoms with Gasteiger partial charge < -0.3 is 20.4 Å². The molecule has 2 rings (SSSR count). The summed E-state index contributed by atoms with van der Waals surface area (Å²) in [5.41, 5.74) is 5.13. The van der Waals surface area contributed by atoms with Crippen LogP contribution in [0.25, 0.3) is 0 Å². The quantitative estimate of drug-likeness (QED) is 0.400. The molecule has 0 radical (unpaired) electrons. The highest BCUT2D eigenvalue weighted by molar-refractivity contribution is 6.12. The minimum atomic E-state index is 0.125. The van der Waals surface area contributed by atoms with Crippen LogP contribution in [0.15, 0.2) is 65.8 Å². The van der Waals surface area contributed by atoms with Gasteiger partial charge in [0, 0.05) is 37.9 Å². The number of aliphatic hydroxyl groups is 2. The normalized spacial score (nSPS) is 13.5. The Morgan fingerprint density at radius 3 is 2.59 bits per heavy atom. The summed E-state index contributed by atoms with van der Waals surface area (Å²) in [6, 6.07) is 6.04. The highest BCUT2D eigenvalue weighted by atomic mass is 16.3. The summed E-state index contributed by atoms with van der Waals surface area (Å²) < 4.78 is 0. The number of likely N-dealkylation sites (N-methyl/N-ethyl adjacent to an activating group) is 1. The number of benzene rings is 1. The van der Waals surface area contributed by atoms with Crippen molar-refractivity contribution < 1.29 is 15.0 Å². The molecule has 0 saturated carbocycles. The third-order valence-corrected chi connectivity index (χ3v) is 4.87. The molecule has 1 aromatic carbocycles. The highest BCUT2D eigenvalue weighted by Crippen LogP contribution is 2.23. The summed E-state index contributed by atoms with van der Waals surface area (Å²) in [6.07, 6.45) is 12.7. The number of hydrogen-bond donors (Lipinski definition) is 3. The van der Waals surface area contributed by atoms with Crippen molar-refractivity contribution in [1.29, 1.82) is 0 Å². The van der Waals surface area contributed by atoms with E-state index in [4.69, 9.17) is 10.2 Å². The van der Waals surface area contributed by atoms with E-state index in [0.29, 0.717) is 6.54 Å². The molecule has 32 heavy (non-hydrogen) atoms. The Kier molecular flexibility index (Phi) is 17.0. The minimum Gasteiger partial charge on any atom is -0.400 e. The Balaban J connectivity index is 0.000000680. The van der Waals surface area contributed by atoms with E-state index in [-0.39, 0.29) is 12.4 Å². The molecule has 5 heteroatoms. The third kappa shape index (κ3) is 11.9. The predicted molar refractivity (Wildman–Crippen MR) is 136 cm³/mol. The Morgan fingerprint density at radius 1 is 1.25 bits per heavy atom. The fourth-order valence-electron chi connectivity index (χ4n) is 2.98. The number of rotatable bonds is 9. The molecule has 0 fully saturated rings. The first-order valence-corrected chi connectivity index (χ1v) is 11.2. The molecule has 0 amide bonds. The second-order valence-electron chi connectivity index (χ2n) is 7.49. The molecule has 0 saturated heterocycles. The van der Waals surface area contributed by atoms with E-state index < -0.39 is 0 Å². The van der Waals surface area contributed by atoms with E-state index in [1.54, 1.807) is 0 Å². The Labute approximate surface area is 194 Å². The zero-order valence-corrected chi connectivity index (χ0v) is 20.7. The lowest BCUT2D eigenvalue weighted by Gasteiger charge is -2.14. The van der Waals surface area contributed by atoms with Gasteiger partial charge in [-0.25, -0.2) is 0 Å². The molecule has 5 nitrogen and oxygen atoms in total. The summed E-state index contributed by atoms with van der Waals surface area (Å²) in [6.45, 7) is 12.3. The smallest absolute Gasteiger partial charge is 0.192 e. The summed E-state index contributed by atoms with van der Waals surface area (Å²) >= 11 is 0. The summed E-state index contributed by atoms with van der Waals surface area (Å²) in [4.78, 5) is 14.6. The molecule has 0 bridgehead atoms. The van der Waals surface area contributed by atoms with Gasteiger partial charge in [-0.15, -0.1) is 0 Å². The van der Waals surface area contributed by atoms with Crippen LogP contribution in [0.3, 0.4) is 0 Å². The van der Waals surface area contributed by atoms with Gasteiger partial charge in [-0.05, 0) is 46.3 Å². The van der Waals surface area contributed by atoms with Crippen LogP contribution in [0.5, 0.6) is 0 Å². The van der Waals surface area contributed by atoms with Gasteiger partial charge in [0.15, 0.2) is 5.78 Å². The molecule has 0 aliphatic heterocycles. The second kappa shape index (κ2) is 18.3. The summed E-state index contributed by atoms with van der Waals surface area (Å²) in [5, 5.41) is 18.5. The van der Waals surface area contributed by atoms with E-state index in [1.165, 1.54) is 11.1 Å². The summed E-state index contributed by atoms with van der Waals surface area (Å²) in [7, 11) is 3.08. The molecule has 1 aliphatic rings. The minimum absolute atomic E-state index is 0.125. The number of aliphatic hydroxyl groups excluding tert-OH is 2. The van der Waals surface area contributed by atoms with Gasteiger partial charge in [0.05, 0.1) is 6.61 Å². The number of hydrogen-bond acceptors (Lipinski definition) is 5. The fourth-order valence-corrected chi connectivity index (χ4v) is 2.98. The number of Topliss-reactive ketones (excluding diaryl/α,β-unsaturated/α-hetero) is 1. The number of carbonyl (C=O) groups excluding carboxylic acids is 1. The fraction of sp³-hybridized carbons (Fsp3) is 0.444. The lowest BCUT2D eigenvalue weighted by molar-refractivity contribution is 0.103. The molecular formula is C27H42N2O3. The highest BCUT2D eigenvalue weighted by Gasteiger charge is 2.18. The number of allylic oxidation sites excluding steroid dienone is 8. The van der Waals surface area contributed by atoms with Crippen molar-refractivity contribution in [3.8, 4) is 0 Å². The molecule has 1 aromatic rings. The van der Waals surface area contributed by atoms with Gasteiger partial charge in [0.2, 0.25) is 0 Å². The van der Waals surface area contributed by atoms with Gasteiger partial charge in [-0.3, -0.25) is 4.79 Å². The maximum atomic E-state index is 12.4. The van der Waals surface area contributed by atoms with Crippen LogP contribution in [0.4, 0.5) is 0 Å². The Bertz CT molecular complexity index is 792. The molecule has 0 aromatic heterocycles. The molecule has 0 heterocycles. The van der Waals surface area contributed by atoms with Gasteiger partial charge in [0.1, 0.15) is 0 Å². The first kappa shape index (κ1) is 29.7. The van der Waals surface area contributed by atoms with E-state index >= 15 is 0 Å². The zero-order chi connectivity index (χ0) is 24.4. The predicted octanol–water partition coefficient (Wildman–Crippen LogP) is 3.87. The van der Waals surface area contributed by atoms with E-state index in [9.17, 15) is 4.79 Å². The SMILES string of the molecule is CCN(C)CCNCCO.CO.C\C=C/C(C)=C\C=C\C1=CCc2cc(C)ccc2C1=O. The monoisotopic (exact) mass is 442 g/mol. The van der Waals surface area contributed by atoms with Gasteiger partial charge in [-0.2, -0.15) is 0 Å². The zero-order valence-electron chi connectivity index (χ0n) is 20.7. The van der Waals surface area contributed by atoms with Gasteiger partial charge >= 0.3 is 0 Å². The second-order valence-corrected chi connectivity index (χ2v) is 7.49. The van der Waals surface area contributed by atoms with Crippen molar-refractivity contribution >= 4 is 5.78 Å². The van der Waals surface area contributed by atoms with Crippen LogP contribution in [0.2, 0.25) is 0 Å². The van der Waals surface area contributed by atoms with Crippen molar-refractivity contribution in [2.75, 3.05) is 46.9 Å². The van der Waals surface area contributed by atoms with E-state index in [0.717, 1.165) is 49.9 Å². The number of aryl methyl sites for hydroxylation is 1. The molecule has 0 atom stereocenters.